The minimum absolute atomic E-state index is 0.115. The van der Waals surface area contributed by atoms with Gasteiger partial charge in [0.25, 0.3) is 0 Å². The Labute approximate surface area is 187 Å². The number of halogens is 3. The van der Waals surface area contributed by atoms with Crippen molar-refractivity contribution in [3.05, 3.63) is 71.8 Å². The second-order valence-electron chi connectivity index (χ2n) is 7.33. The Balaban J connectivity index is 1.62. The second-order valence-corrected chi connectivity index (χ2v) is 8.90. The first-order valence-corrected chi connectivity index (χ1v) is 11.2. The molecule has 2 aromatic carbocycles. The Bertz CT molecular complexity index is 1060. The fourth-order valence-electron chi connectivity index (χ4n) is 3.50. The topological polar surface area (TPSA) is 97.4 Å². The van der Waals surface area contributed by atoms with Crippen molar-refractivity contribution in [3.63, 3.8) is 0 Å². The molecule has 0 unspecified atom stereocenters. The SMILES string of the molecule is O=C(O[C@H]1[C@H]2OC[C@H](O2)[C@@H](OS(=O)(=O)C(F)(F)F)[C@@H]1OCc1ccccc1)c1ccccc1. The molecular weight excluding hydrogens is 469 g/mol. The van der Waals surface area contributed by atoms with Crippen LogP contribution in [0.25, 0.3) is 0 Å². The molecule has 2 aliphatic rings. The summed E-state index contributed by atoms with van der Waals surface area (Å²) in [5.74, 6) is -0.816. The van der Waals surface area contributed by atoms with Crippen LogP contribution in [0, 0.1) is 0 Å². The number of hydrogen-bond acceptors (Lipinski definition) is 8. The van der Waals surface area contributed by atoms with Gasteiger partial charge in [-0.2, -0.15) is 21.6 Å². The van der Waals surface area contributed by atoms with Crippen molar-refractivity contribution in [2.75, 3.05) is 6.61 Å². The molecule has 0 aromatic heterocycles. The summed E-state index contributed by atoms with van der Waals surface area (Å²) in [4.78, 5) is 12.6. The van der Waals surface area contributed by atoms with E-state index in [-0.39, 0.29) is 18.8 Å². The van der Waals surface area contributed by atoms with E-state index in [2.05, 4.69) is 4.18 Å². The third-order valence-corrected chi connectivity index (χ3v) is 6.12. The highest BCUT2D eigenvalue weighted by Crippen LogP contribution is 2.37. The van der Waals surface area contributed by atoms with Gasteiger partial charge < -0.3 is 18.9 Å². The van der Waals surface area contributed by atoms with Gasteiger partial charge in [-0.15, -0.1) is 0 Å². The molecule has 2 fully saturated rings. The molecule has 2 bridgehead atoms. The Morgan fingerprint density at radius 1 is 0.970 bits per heavy atom. The highest BCUT2D eigenvalue weighted by molar-refractivity contribution is 7.87. The highest BCUT2D eigenvalue weighted by atomic mass is 32.2. The maximum atomic E-state index is 13.0. The lowest BCUT2D eigenvalue weighted by atomic mass is 10.0. The van der Waals surface area contributed by atoms with Crippen LogP contribution in [0.5, 0.6) is 0 Å². The Morgan fingerprint density at radius 2 is 1.61 bits per heavy atom. The van der Waals surface area contributed by atoms with Gasteiger partial charge in [0, 0.05) is 0 Å². The van der Waals surface area contributed by atoms with Crippen molar-refractivity contribution >= 4 is 16.1 Å². The van der Waals surface area contributed by atoms with Crippen LogP contribution in [0.15, 0.2) is 60.7 Å². The number of esters is 1. The van der Waals surface area contributed by atoms with Gasteiger partial charge in [0.05, 0.1) is 18.8 Å². The Kier molecular flexibility index (Phi) is 6.73. The molecule has 2 saturated heterocycles. The van der Waals surface area contributed by atoms with E-state index in [0.29, 0.717) is 5.56 Å². The van der Waals surface area contributed by atoms with Crippen LogP contribution in [0.3, 0.4) is 0 Å². The third-order valence-electron chi connectivity index (χ3n) is 5.08. The zero-order valence-electron chi connectivity index (χ0n) is 16.9. The summed E-state index contributed by atoms with van der Waals surface area (Å²) < 4.78 is 89.2. The maximum absolute atomic E-state index is 13.0. The molecule has 2 aliphatic heterocycles. The summed E-state index contributed by atoms with van der Waals surface area (Å²) >= 11 is 0. The van der Waals surface area contributed by atoms with Crippen LogP contribution in [0.2, 0.25) is 0 Å². The molecule has 0 aliphatic carbocycles. The van der Waals surface area contributed by atoms with E-state index in [1.165, 1.54) is 12.1 Å². The average Bonchev–Trinajstić information content (AvgIpc) is 3.23. The molecule has 0 radical (unpaired) electrons. The van der Waals surface area contributed by atoms with Crippen LogP contribution >= 0.6 is 0 Å². The van der Waals surface area contributed by atoms with Crippen molar-refractivity contribution in [2.45, 2.75) is 42.8 Å². The summed E-state index contributed by atoms with van der Waals surface area (Å²) in [5, 5.41) is 0. The highest BCUT2D eigenvalue weighted by Gasteiger charge is 2.58. The monoisotopic (exact) mass is 488 g/mol. The van der Waals surface area contributed by atoms with Gasteiger partial charge in [-0.25, -0.2) is 4.79 Å². The standard InChI is InChI=1S/C21H19F3O8S/c22-21(23,24)33(26,27)32-16-15-12-29-20(30-15)18(31-19(25)14-9-5-2-6-10-14)17(16)28-11-13-7-3-1-4-8-13/h1-10,15-18,20H,11-12H2/t15-,16+,17-,18+,20-/m0/s1. The number of alkyl halides is 3. The molecule has 2 aromatic rings. The first kappa shape index (κ1) is 23.6. The van der Waals surface area contributed by atoms with Crippen molar-refractivity contribution in [1.82, 2.24) is 0 Å². The third kappa shape index (κ3) is 5.20. The summed E-state index contributed by atoms with van der Waals surface area (Å²) in [6.45, 7) is -0.385. The van der Waals surface area contributed by atoms with Gasteiger partial charge >= 0.3 is 21.6 Å². The fourth-order valence-corrected chi connectivity index (χ4v) is 4.14. The van der Waals surface area contributed by atoms with Crippen LogP contribution in [0.1, 0.15) is 15.9 Å². The number of ether oxygens (including phenoxy) is 4. The number of benzene rings is 2. The summed E-state index contributed by atoms with van der Waals surface area (Å²) in [6, 6.07) is 16.5. The van der Waals surface area contributed by atoms with Gasteiger partial charge in [-0.1, -0.05) is 48.5 Å². The lowest BCUT2D eigenvalue weighted by Gasteiger charge is -2.39. The Morgan fingerprint density at radius 3 is 2.24 bits per heavy atom. The second kappa shape index (κ2) is 9.39. The molecule has 0 amide bonds. The van der Waals surface area contributed by atoms with E-state index >= 15 is 0 Å². The van der Waals surface area contributed by atoms with Crippen LogP contribution in [0.4, 0.5) is 13.2 Å². The summed E-state index contributed by atoms with van der Waals surface area (Å²) in [5.41, 5.74) is -4.84. The fraction of sp³-hybridized carbons (Fsp3) is 0.381. The zero-order chi connectivity index (χ0) is 23.6. The first-order valence-electron chi connectivity index (χ1n) is 9.84. The van der Waals surface area contributed by atoms with Crippen LogP contribution in [-0.2, 0) is 39.9 Å². The molecule has 12 heteroatoms. The van der Waals surface area contributed by atoms with Gasteiger partial charge in [-0.05, 0) is 17.7 Å². The molecule has 33 heavy (non-hydrogen) atoms. The number of carbonyl (C=O) groups is 1. The predicted molar refractivity (Wildman–Crippen MR) is 105 cm³/mol. The molecule has 0 N–H and O–H groups in total. The molecule has 2 heterocycles. The number of hydrogen-bond donors (Lipinski definition) is 0. The van der Waals surface area contributed by atoms with Gasteiger partial charge in [0.1, 0.15) is 18.3 Å². The van der Waals surface area contributed by atoms with Crippen LogP contribution < -0.4 is 0 Å². The maximum Gasteiger partial charge on any atom is 0.523 e. The lowest BCUT2D eigenvalue weighted by Crippen LogP contribution is -2.58. The molecule has 178 valence electrons. The predicted octanol–water partition coefficient (Wildman–Crippen LogP) is 2.79. The van der Waals surface area contributed by atoms with Gasteiger partial charge in [0.15, 0.2) is 12.4 Å². The average molecular weight is 488 g/mol. The van der Waals surface area contributed by atoms with E-state index in [1.54, 1.807) is 48.5 Å². The minimum Gasteiger partial charge on any atom is -0.450 e. The summed E-state index contributed by atoms with van der Waals surface area (Å²) in [7, 11) is -6.00. The molecule has 0 spiro atoms. The molecule has 5 atom stereocenters. The Hall–Kier alpha value is -2.51. The van der Waals surface area contributed by atoms with Crippen molar-refractivity contribution in [3.8, 4) is 0 Å². The van der Waals surface area contributed by atoms with Gasteiger partial charge in [0.2, 0.25) is 0 Å². The van der Waals surface area contributed by atoms with E-state index < -0.39 is 52.3 Å². The van der Waals surface area contributed by atoms with Crippen LogP contribution in [-0.4, -0.2) is 57.2 Å². The molecule has 0 saturated carbocycles. The lowest BCUT2D eigenvalue weighted by molar-refractivity contribution is -0.238. The largest absolute Gasteiger partial charge is 0.523 e. The van der Waals surface area contributed by atoms with E-state index in [9.17, 15) is 26.4 Å². The van der Waals surface area contributed by atoms with E-state index in [4.69, 9.17) is 18.9 Å². The molecule has 4 rings (SSSR count). The van der Waals surface area contributed by atoms with E-state index in [1.807, 2.05) is 0 Å². The van der Waals surface area contributed by atoms with Gasteiger partial charge in [-0.3, -0.25) is 4.18 Å². The van der Waals surface area contributed by atoms with Crippen molar-refractivity contribution in [2.24, 2.45) is 0 Å². The zero-order valence-corrected chi connectivity index (χ0v) is 17.7. The number of fused-ring (bicyclic) bond motifs is 2. The molecule has 8 nitrogen and oxygen atoms in total. The first-order chi connectivity index (χ1) is 15.7. The molecular formula is C21H19F3O8S. The quantitative estimate of drug-likeness (QED) is 0.334. The normalized spacial score (nSPS) is 27.3. The van der Waals surface area contributed by atoms with Crippen molar-refractivity contribution in [1.29, 1.82) is 0 Å². The smallest absolute Gasteiger partial charge is 0.450 e. The van der Waals surface area contributed by atoms with Crippen molar-refractivity contribution < 1.29 is 49.5 Å². The number of carbonyl (C=O) groups excluding carboxylic acids is 1. The minimum atomic E-state index is -6.00. The summed E-state index contributed by atoms with van der Waals surface area (Å²) in [6.07, 6.45) is -6.95. The van der Waals surface area contributed by atoms with E-state index in [0.717, 1.165) is 0 Å². The number of rotatable bonds is 7.